The van der Waals surface area contributed by atoms with Crippen molar-refractivity contribution < 1.29 is 17.2 Å². The van der Waals surface area contributed by atoms with Gasteiger partial charge in [-0.3, -0.25) is 4.90 Å². The second kappa shape index (κ2) is 8.76. The Morgan fingerprint density at radius 1 is 1.17 bits per heavy atom. The Balaban J connectivity index is 0.00000192. The summed E-state index contributed by atoms with van der Waals surface area (Å²) in [6.07, 6.45) is 7.78. The van der Waals surface area contributed by atoms with Crippen LogP contribution < -0.4 is 23.0 Å². The smallest absolute Gasteiger partial charge is 0.319 e. The molecule has 4 nitrogen and oxygen atoms in total. The minimum atomic E-state index is -0.141. The number of anilines is 1. The van der Waals surface area contributed by atoms with E-state index in [1.165, 1.54) is 32.1 Å². The summed E-state index contributed by atoms with van der Waals surface area (Å²) in [7, 11) is 0. The molecule has 0 bridgehead atoms. The minimum absolute atomic E-state index is 0. The van der Waals surface area contributed by atoms with Crippen molar-refractivity contribution in [2.45, 2.75) is 50.6 Å². The molecule has 1 aromatic carbocycles. The molecular weight excluding hydrogens is 333 g/mol. The molecular formula is C17H24Cl2N3O-. The van der Waals surface area contributed by atoms with Crippen LogP contribution in [-0.4, -0.2) is 36.1 Å². The van der Waals surface area contributed by atoms with Crippen LogP contribution in [0.3, 0.4) is 0 Å². The summed E-state index contributed by atoms with van der Waals surface area (Å²) in [4.78, 5) is 14.6. The molecule has 1 atom stereocenters. The maximum Gasteiger partial charge on any atom is 0.319 e. The summed E-state index contributed by atoms with van der Waals surface area (Å²) < 4.78 is 0. The van der Waals surface area contributed by atoms with E-state index in [4.69, 9.17) is 11.6 Å². The molecule has 128 valence electrons. The summed E-state index contributed by atoms with van der Waals surface area (Å²) in [5.41, 5.74) is 0.729. The summed E-state index contributed by atoms with van der Waals surface area (Å²) >= 11 is 5.93. The molecule has 0 radical (unpaired) electrons. The lowest BCUT2D eigenvalue weighted by Gasteiger charge is -2.31. The van der Waals surface area contributed by atoms with Gasteiger partial charge in [-0.2, -0.15) is 0 Å². The van der Waals surface area contributed by atoms with E-state index >= 15 is 0 Å². The molecule has 1 unspecified atom stereocenters. The van der Waals surface area contributed by atoms with Crippen molar-refractivity contribution in [2.75, 3.05) is 18.4 Å². The van der Waals surface area contributed by atoms with Crippen LogP contribution in [0.4, 0.5) is 10.5 Å². The first kappa shape index (κ1) is 18.4. The highest BCUT2D eigenvalue weighted by Gasteiger charge is 2.29. The van der Waals surface area contributed by atoms with Gasteiger partial charge in [-0.05, 0) is 37.5 Å². The lowest BCUT2D eigenvalue weighted by molar-refractivity contribution is -0.00000779. The minimum Gasteiger partial charge on any atom is -1.00 e. The summed E-state index contributed by atoms with van der Waals surface area (Å²) in [6, 6.07) is 8.07. The van der Waals surface area contributed by atoms with Crippen molar-refractivity contribution in [1.82, 2.24) is 10.2 Å². The van der Waals surface area contributed by atoms with Crippen LogP contribution in [0.2, 0.25) is 5.02 Å². The van der Waals surface area contributed by atoms with E-state index < -0.39 is 0 Å². The molecule has 1 saturated heterocycles. The number of nitrogens with zero attached hydrogens (tertiary/aromatic N) is 1. The fourth-order valence-corrected chi connectivity index (χ4v) is 3.79. The number of carbonyl (C=O) groups is 1. The average Bonchev–Trinajstić information content (AvgIpc) is 2.96. The van der Waals surface area contributed by atoms with E-state index in [2.05, 4.69) is 15.5 Å². The number of hydrogen-bond donors (Lipinski definition) is 2. The number of carbonyl (C=O) groups excluding carboxylic acids is 1. The van der Waals surface area contributed by atoms with Crippen molar-refractivity contribution in [3.8, 4) is 0 Å². The Hall–Kier alpha value is -0.970. The molecule has 2 aliphatic rings. The van der Waals surface area contributed by atoms with Gasteiger partial charge in [0.15, 0.2) is 0 Å². The van der Waals surface area contributed by atoms with Crippen molar-refractivity contribution >= 4 is 23.3 Å². The predicted molar refractivity (Wildman–Crippen MR) is 90.5 cm³/mol. The topological polar surface area (TPSA) is 44.4 Å². The molecule has 23 heavy (non-hydrogen) atoms. The molecule has 2 fully saturated rings. The van der Waals surface area contributed by atoms with Gasteiger partial charge in [0.2, 0.25) is 0 Å². The lowest BCUT2D eigenvalue weighted by Crippen LogP contribution is -3.00. The van der Waals surface area contributed by atoms with Gasteiger partial charge in [-0.1, -0.05) is 36.9 Å². The first-order valence-corrected chi connectivity index (χ1v) is 8.65. The highest BCUT2D eigenvalue weighted by atomic mass is 35.5. The molecule has 3 rings (SSSR count). The van der Waals surface area contributed by atoms with Gasteiger partial charge in [-0.25, -0.2) is 4.79 Å². The first-order chi connectivity index (χ1) is 10.7. The third-order valence-corrected chi connectivity index (χ3v) is 4.96. The number of halogens is 2. The van der Waals surface area contributed by atoms with Gasteiger partial charge in [-0.15, -0.1) is 0 Å². The maximum atomic E-state index is 12.1. The van der Waals surface area contributed by atoms with E-state index in [-0.39, 0.29) is 24.5 Å². The molecule has 1 saturated carbocycles. The molecule has 0 aromatic heterocycles. The van der Waals surface area contributed by atoms with Crippen LogP contribution in [0.25, 0.3) is 0 Å². The highest BCUT2D eigenvalue weighted by molar-refractivity contribution is 6.30. The van der Waals surface area contributed by atoms with E-state index in [1.807, 2.05) is 12.1 Å². The monoisotopic (exact) mass is 356 g/mol. The van der Waals surface area contributed by atoms with Crippen LogP contribution in [0.5, 0.6) is 0 Å². The Kier molecular flexibility index (Phi) is 7.00. The third kappa shape index (κ3) is 5.27. The Morgan fingerprint density at radius 2 is 1.96 bits per heavy atom. The van der Waals surface area contributed by atoms with Gasteiger partial charge in [0.05, 0.1) is 0 Å². The zero-order valence-electron chi connectivity index (χ0n) is 13.2. The van der Waals surface area contributed by atoms with Crippen LogP contribution >= 0.6 is 11.6 Å². The van der Waals surface area contributed by atoms with Crippen molar-refractivity contribution in [3.63, 3.8) is 0 Å². The second-order valence-electron chi connectivity index (χ2n) is 6.38. The van der Waals surface area contributed by atoms with Crippen LogP contribution in [0.15, 0.2) is 24.3 Å². The number of nitrogens with one attached hydrogen (secondary N) is 2. The van der Waals surface area contributed by atoms with Crippen molar-refractivity contribution in [1.29, 1.82) is 0 Å². The first-order valence-electron chi connectivity index (χ1n) is 8.28. The maximum absolute atomic E-state index is 12.1. The number of hydrogen-bond acceptors (Lipinski definition) is 2. The van der Waals surface area contributed by atoms with E-state index in [0.717, 1.165) is 31.2 Å². The Labute approximate surface area is 149 Å². The molecule has 1 aliphatic carbocycles. The standard InChI is InChI=1S/C17H24ClN3O.ClH/c18-13-5-4-6-14(11-13)19-17(22)20-15-9-10-21(12-15)16-7-2-1-3-8-16;/h4-6,11,15-16H,1-3,7-10,12H2,(H2,19,20,22);1H/p-1. The van der Waals surface area contributed by atoms with Crippen LogP contribution in [-0.2, 0) is 0 Å². The van der Waals surface area contributed by atoms with Gasteiger partial charge in [0.1, 0.15) is 0 Å². The summed E-state index contributed by atoms with van der Waals surface area (Å²) in [6.45, 7) is 2.08. The predicted octanol–water partition coefficient (Wildman–Crippen LogP) is 0.872. The Morgan fingerprint density at radius 3 is 2.70 bits per heavy atom. The summed E-state index contributed by atoms with van der Waals surface area (Å²) in [5.74, 6) is 0. The number of benzene rings is 1. The largest absolute Gasteiger partial charge is 1.00 e. The van der Waals surface area contributed by atoms with E-state index in [0.29, 0.717) is 5.02 Å². The van der Waals surface area contributed by atoms with E-state index in [9.17, 15) is 4.79 Å². The molecule has 2 amide bonds. The number of likely N-dealkylation sites (tertiary alicyclic amines) is 1. The molecule has 1 aromatic rings. The molecule has 2 N–H and O–H groups in total. The zero-order chi connectivity index (χ0) is 15.4. The van der Waals surface area contributed by atoms with Gasteiger partial charge in [0.25, 0.3) is 0 Å². The van der Waals surface area contributed by atoms with Crippen molar-refractivity contribution in [2.24, 2.45) is 0 Å². The fraction of sp³-hybridized carbons (Fsp3) is 0.588. The van der Waals surface area contributed by atoms with Gasteiger partial charge >= 0.3 is 6.03 Å². The fourth-order valence-electron chi connectivity index (χ4n) is 3.60. The summed E-state index contributed by atoms with van der Waals surface area (Å²) in [5, 5.41) is 6.56. The highest BCUT2D eigenvalue weighted by Crippen LogP contribution is 2.25. The van der Waals surface area contributed by atoms with Gasteiger partial charge < -0.3 is 23.0 Å². The Bertz CT molecular complexity index is 520. The third-order valence-electron chi connectivity index (χ3n) is 4.73. The van der Waals surface area contributed by atoms with E-state index in [1.54, 1.807) is 12.1 Å². The van der Waals surface area contributed by atoms with Crippen LogP contribution in [0.1, 0.15) is 38.5 Å². The van der Waals surface area contributed by atoms with Crippen LogP contribution in [0, 0.1) is 0 Å². The quantitative estimate of drug-likeness (QED) is 0.843. The number of amides is 2. The SMILES string of the molecule is O=C(Nc1cccc(Cl)c1)NC1CCN(C2CCCCC2)C1.[Cl-]. The molecule has 6 heteroatoms. The molecule has 0 spiro atoms. The normalized spacial score (nSPS) is 22.4. The lowest BCUT2D eigenvalue weighted by atomic mass is 9.94. The molecule has 1 aliphatic heterocycles. The second-order valence-corrected chi connectivity index (χ2v) is 6.82. The van der Waals surface area contributed by atoms with Gasteiger partial charge in [0, 0.05) is 35.9 Å². The number of rotatable bonds is 3. The molecule has 1 heterocycles. The zero-order valence-corrected chi connectivity index (χ0v) is 14.7. The van der Waals surface area contributed by atoms with Crippen molar-refractivity contribution in [3.05, 3.63) is 29.3 Å². The average molecular weight is 357 g/mol. The number of urea groups is 1.